The Kier molecular flexibility index (Phi) is 4.14. The van der Waals surface area contributed by atoms with Crippen molar-refractivity contribution in [1.29, 1.82) is 0 Å². The van der Waals surface area contributed by atoms with Crippen LogP contribution < -0.4 is 10.2 Å². The van der Waals surface area contributed by atoms with E-state index in [2.05, 4.69) is 15.5 Å². The van der Waals surface area contributed by atoms with Crippen LogP contribution >= 0.6 is 0 Å². The molecule has 1 saturated heterocycles. The Bertz CT molecular complexity index is 731. The third kappa shape index (κ3) is 3.26. The Morgan fingerprint density at radius 1 is 1.39 bits per heavy atom. The van der Waals surface area contributed by atoms with Gasteiger partial charge in [-0.25, -0.2) is 0 Å². The van der Waals surface area contributed by atoms with Crippen LogP contribution in [0.25, 0.3) is 0 Å². The number of carbonyl (C=O) groups is 2. The zero-order chi connectivity index (χ0) is 16.4. The first-order valence-corrected chi connectivity index (χ1v) is 7.75. The van der Waals surface area contributed by atoms with E-state index < -0.39 is 0 Å². The maximum atomic E-state index is 12.2. The van der Waals surface area contributed by atoms with E-state index in [4.69, 9.17) is 0 Å². The van der Waals surface area contributed by atoms with Crippen LogP contribution in [-0.4, -0.2) is 28.6 Å². The molecule has 0 aliphatic carbocycles. The van der Waals surface area contributed by atoms with E-state index in [1.165, 1.54) is 0 Å². The molecule has 23 heavy (non-hydrogen) atoms. The lowest BCUT2D eigenvalue weighted by molar-refractivity contribution is -0.117. The molecular formula is C17H20N4O2. The molecule has 0 radical (unpaired) electrons. The van der Waals surface area contributed by atoms with Crippen LogP contribution in [0.5, 0.6) is 0 Å². The van der Waals surface area contributed by atoms with Crippen LogP contribution in [0.4, 0.5) is 11.4 Å². The molecule has 1 aromatic carbocycles. The van der Waals surface area contributed by atoms with E-state index >= 15 is 0 Å². The summed E-state index contributed by atoms with van der Waals surface area (Å²) in [5.74, 6) is 0.0544. The number of hydrogen-bond donors (Lipinski definition) is 2. The SMILES string of the molecule is Cc1n[nH]c(C)c1NC(=O)Cc1cccc(N2CCCC2=O)c1. The molecule has 120 valence electrons. The van der Waals surface area contributed by atoms with E-state index in [1.54, 1.807) is 4.90 Å². The Morgan fingerprint density at radius 3 is 2.87 bits per heavy atom. The molecule has 1 fully saturated rings. The van der Waals surface area contributed by atoms with Crippen LogP contribution in [0, 0.1) is 13.8 Å². The zero-order valence-corrected chi connectivity index (χ0v) is 13.3. The molecule has 1 aliphatic heterocycles. The fraction of sp³-hybridized carbons (Fsp3) is 0.353. The minimum Gasteiger partial charge on any atom is -0.323 e. The fourth-order valence-electron chi connectivity index (χ4n) is 2.86. The second kappa shape index (κ2) is 6.24. The summed E-state index contributed by atoms with van der Waals surface area (Å²) >= 11 is 0. The van der Waals surface area contributed by atoms with Crippen molar-refractivity contribution in [2.45, 2.75) is 33.1 Å². The standard InChI is InChI=1S/C17H20N4O2/c1-11-17(12(2)20-19-11)18-15(22)10-13-5-3-6-14(9-13)21-8-4-7-16(21)23/h3,5-6,9H,4,7-8,10H2,1-2H3,(H,18,22)(H,19,20). The van der Waals surface area contributed by atoms with Gasteiger partial charge in [0.15, 0.2) is 0 Å². The van der Waals surface area contributed by atoms with Crippen molar-refractivity contribution in [1.82, 2.24) is 10.2 Å². The maximum Gasteiger partial charge on any atom is 0.228 e. The number of H-pyrrole nitrogens is 1. The number of nitrogens with one attached hydrogen (secondary N) is 2. The van der Waals surface area contributed by atoms with Gasteiger partial charge in [-0.15, -0.1) is 0 Å². The van der Waals surface area contributed by atoms with Gasteiger partial charge < -0.3 is 10.2 Å². The van der Waals surface area contributed by atoms with Crippen molar-refractivity contribution in [2.24, 2.45) is 0 Å². The first-order valence-electron chi connectivity index (χ1n) is 7.75. The minimum absolute atomic E-state index is 0.0949. The number of hydrogen-bond acceptors (Lipinski definition) is 3. The van der Waals surface area contributed by atoms with Crippen molar-refractivity contribution in [3.05, 3.63) is 41.2 Å². The summed E-state index contributed by atoms with van der Waals surface area (Å²) < 4.78 is 0. The molecule has 2 amide bonds. The van der Waals surface area contributed by atoms with Gasteiger partial charge in [0, 0.05) is 18.7 Å². The van der Waals surface area contributed by atoms with Crippen LogP contribution in [0.15, 0.2) is 24.3 Å². The Hall–Kier alpha value is -2.63. The highest BCUT2D eigenvalue weighted by Crippen LogP contribution is 2.23. The number of aromatic amines is 1. The predicted octanol–water partition coefficient (Wildman–Crippen LogP) is 2.33. The van der Waals surface area contributed by atoms with E-state index in [1.807, 2.05) is 38.1 Å². The van der Waals surface area contributed by atoms with Crippen LogP contribution in [0.1, 0.15) is 29.8 Å². The Morgan fingerprint density at radius 2 is 2.22 bits per heavy atom. The third-order valence-electron chi connectivity index (χ3n) is 4.05. The summed E-state index contributed by atoms with van der Waals surface area (Å²) in [7, 11) is 0. The van der Waals surface area contributed by atoms with Gasteiger partial charge in [0.05, 0.1) is 23.5 Å². The highest BCUT2D eigenvalue weighted by molar-refractivity contribution is 5.96. The molecular weight excluding hydrogens is 292 g/mol. The van der Waals surface area contributed by atoms with Gasteiger partial charge in [-0.1, -0.05) is 12.1 Å². The highest BCUT2D eigenvalue weighted by Gasteiger charge is 2.21. The van der Waals surface area contributed by atoms with Gasteiger partial charge in [-0.2, -0.15) is 5.10 Å². The first kappa shape index (κ1) is 15.3. The second-order valence-electron chi connectivity index (χ2n) is 5.85. The number of aryl methyl sites for hydroxylation is 2. The van der Waals surface area contributed by atoms with E-state index in [-0.39, 0.29) is 18.2 Å². The molecule has 2 heterocycles. The smallest absolute Gasteiger partial charge is 0.228 e. The monoisotopic (exact) mass is 312 g/mol. The molecule has 6 nitrogen and oxygen atoms in total. The number of aromatic nitrogens is 2. The summed E-state index contributed by atoms with van der Waals surface area (Å²) in [6.45, 7) is 4.47. The topological polar surface area (TPSA) is 78.1 Å². The lowest BCUT2D eigenvalue weighted by atomic mass is 10.1. The highest BCUT2D eigenvalue weighted by atomic mass is 16.2. The Labute approximate surface area is 134 Å². The molecule has 0 atom stereocenters. The van der Waals surface area contributed by atoms with Gasteiger partial charge in [-0.05, 0) is 38.0 Å². The number of amides is 2. The van der Waals surface area contributed by atoms with Crippen molar-refractivity contribution in [3.8, 4) is 0 Å². The summed E-state index contributed by atoms with van der Waals surface area (Å²) in [6.07, 6.45) is 1.76. The summed E-state index contributed by atoms with van der Waals surface area (Å²) in [4.78, 5) is 25.9. The molecule has 0 bridgehead atoms. The molecule has 0 unspecified atom stereocenters. The molecule has 2 N–H and O–H groups in total. The molecule has 0 spiro atoms. The predicted molar refractivity (Wildman–Crippen MR) is 88.4 cm³/mol. The van der Waals surface area contributed by atoms with E-state index in [0.717, 1.165) is 41.3 Å². The maximum absolute atomic E-state index is 12.2. The number of rotatable bonds is 4. The molecule has 1 aromatic heterocycles. The van der Waals surface area contributed by atoms with Crippen molar-refractivity contribution < 1.29 is 9.59 Å². The molecule has 2 aromatic rings. The normalized spacial score (nSPS) is 14.3. The van der Waals surface area contributed by atoms with Crippen molar-refractivity contribution in [2.75, 3.05) is 16.8 Å². The van der Waals surface area contributed by atoms with Crippen LogP contribution in [0.2, 0.25) is 0 Å². The summed E-state index contributed by atoms with van der Waals surface area (Å²) in [5, 5.41) is 9.81. The van der Waals surface area contributed by atoms with Crippen molar-refractivity contribution in [3.63, 3.8) is 0 Å². The lowest BCUT2D eigenvalue weighted by Gasteiger charge is -2.16. The number of anilines is 2. The first-order chi connectivity index (χ1) is 11.0. The quantitative estimate of drug-likeness (QED) is 0.909. The van der Waals surface area contributed by atoms with Crippen molar-refractivity contribution >= 4 is 23.2 Å². The number of carbonyl (C=O) groups excluding carboxylic acids is 2. The Balaban J connectivity index is 1.70. The van der Waals surface area contributed by atoms with Crippen LogP contribution in [-0.2, 0) is 16.0 Å². The molecule has 3 rings (SSSR count). The largest absolute Gasteiger partial charge is 0.323 e. The summed E-state index contributed by atoms with van der Waals surface area (Å²) in [5.41, 5.74) is 4.10. The zero-order valence-electron chi connectivity index (χ0n) is 13.3. The summed E-state index contributed by atoms with van der Waals surface area (Å²) in [6, 6.07) is 7.61. The van der Waals surface area contributed by atoms with Gasteiger partial charge in [0.1, 0.15) is 0 Å². The molecule has 0 saturated carbocycles. The average Bonchev–Trinajstić information content (AvgIpc) is 3.08. The van der Waals surface area contributed by atoms with Crippen LogP contribution in [0.3, 0.4) is 0 Å². The van der Waals surface area contributed by atoms with Gasteiger partial charge in [-0.3, -0.25) is 14.7 Å². The minimum atomic E-state index is -0.0949. The number of nitrogens with zero attached hydrogens (tertiary/aromatic N) is 2. The lowest BCUT2D eigenvalue weighted by Crippen LogP contribution is -2.24. The number of benzene rings is 1. The molecule has 1 aliphatic rings. The molecule has 6 heteroatoms. The van der Waals surface area contributed by atoms with E-state index in [9.17, 15) is 9.59 Å². The van der Waals surface area contributed by atoms with Gasteiger partial charge >= 0.3 is 0 Å². The third-order valence-corrected chi connectivity index (χ3v) is 4.05. The van der Waals surface area contributed by atoms with Gasteiger partial charge in [0.25, 0.3) is 0 Å². The average molecular weight is 312 g/mol. The fourth-order valence-corrected chi connectivity index (χ4v) is 2.86. The second-order valence-corrected chi connectivity index (χ2v) is 5.85. The van der Waals surface area contributed by atoms with Gasteiger partial charge in [0.2, 0.25) is 11.8 Å². The van der Waals surface area contributed by atoms with E-state index in [0.29, 0.717) is 6.42 Å².